The number of nitrogens with zero attached hydrogens (tertiary/aromatic N) is 2. The lowest BCUT2D eigenvalue weighted by molar-refractivity contribution is -0.119. The highest BCUT2D eigenvalue weighted by molar-refractivity contribution is 8.25. The first kappa shape index (κ1) is 23.5. The molecule has 0 radical (unpaired) electrons. The second-order valence-electron chi connectivity index (χ2n) is 8.92. The van der Waals surface area contributed by atoms with Crippen LogP contribution in [0.5, 0.6) is 0 Å². The molecule has 5 nitrogen and oxygen atoms in total. The lowest BCUT2D eigenvalue weighted by atomic mass is 9.81. The molecule has 1 aromatic carbocycles. The lowest BCUT2D eigenvalue weighted by Gasteiger charge is -2.25. The van der Waals surface area contributed by atoms with Crippen LogP contribution in [0.2, 0.25) is 5.02 Å². The van der Waals surface area contributed by atoms with Gasteiger partial charge in [-0.15, -0.1) is 23.5 Å². The van der Waals surface area contributed by atoms with E-state index in [4.69, 9.17) is 11.6 Å². The van der Waals surface area contributed by atoms with E-state index in [-0.39, 0.29) is 35.9 Å². The molecule has 36 heavy (non-hydrogen) atoms. The van der Waals surface area contributed by atoms with Crippen molar-refractivity contribution in [2.45, 2.75) is 24.3 Å². The molecule has 3 atom stereocenters. The van der Waals surface area contributed by atoms with Crippen LogP contribution in [0.4, 0.5) is 0 Å². The Balaban J connectivity index is 1.58. The number of pyridine rings is 2. The molecule has 0 bridgehead atoms. The summed E-state index contributed by atoms with van der Waals surface area (Å²) in [6.07, 6.45) is 7.28. The third-order valence-corrected chi connectivity index (χ3v) is 9.81. The van der Waals surface area contributed by atoms with E-state index < -0.39 is 0 Å². The van der Waals surface area contributed by atoms with Crippen molar-refractivity contribution in [2.75, 3.05) is 11.5 Å². The number of ketones is 2. The Morgan fingerprint density at radius 1 is 0.861 bits per heavy atom. The van der Waals surface area contributed by atoms with Crippen molar-refractivity contribution in [1.82, 2.24) is 15.3 Å². The van der Waals surface area contributed by atoms with Crippen molar-refractivity contribution >= 4 is 46.7 Å². The number of Topliss-reactive ketones (excluding diaryl/α,β-unsaturated/α-hetero) is 2. The van der Waals surface area contributed by atoms with E-state index in [0.717, 1.165) is 38.1 Å². The Kier molecular flexibility index (Phi) is 6.46. The number of hydrogen-bond donors (Lipinski definition) is 1. The average molecular weight is 532 g/mol. The third kappa shape index (κ3) is 4.19. The zero-order chi connectivity index (χ0) is 24.6. The predicted octanol–water partition coefficient (Wildman–Crippen LogP) is 5.83. The number of rotatable bonds is 3. The van der Waals surface area contributed by atoms with Gasteiger partial charge in [-0.2, -0.15) is 0 Å². The van der Waals surface area contributed by atoms with Gasteiger partial charge in [0.15, 0.2) is 11.6 Å². The molecule has 2 aromatic heterocycles. The fraction of sp³-hybridized carbons (Fsp3) is 0.214. The molecule has 8 heteroatoms. The molecule has 180 valence electrons. The smallest absolute Gasteiger partial charge is 0.196 e. The van der Waals surface area contributed by atoms with E-state index in [1.54, 1.807) is 42.1 Å². The molecule has 6 rings (SSSR count). The van der Waals surface area contributed by atoms with Crippen LogP contribution in [0.1, 0.15) is 41.0 Å². The fourth-order valence-corrected chi connectivity index (χ4v) is 7.96. The molecule has 3 aliphatic rings. The summed E-state index contributed by atoms with van der Waals surface area (Å²) in [6.45, 7) is 0. The Morgan fingerprint density at radius 3 is 2.17 bits per heavy atom. The van der Waals surface area contributed by atoms with Crippen molar-refractivity contribution < 1.29 is 9.59 Å². The lowest BCUT2D eigenvalue weighted by Crippen LogP contribution is -2.25. The summed E-state index contributed by atoms with van der Waals surface area (Å²) in [5.41, 5.74) is 4.66. The number of thioether (sulfide) groups is 2. The summed E-state index contributed by atoms with van der Waals surface area (Å²) in [6, 6.07) is 15.3. The summed E-state index contributed by atoms with van der Waals surface area (Å²) >= 11 is 9.42. The molecular weight excluding hydrogens is 510 g/mol. The van der Waals surface area contributed by atoms with Crippen LogP contribution in [0, 0.1) is 0 Å². The van der Waals surface area contributed by atoms with E-state index in [1.807, 2.05) is 54.7 Å². The first-order valence-electron chi connectivity index (χ1n) is 11.8. The van der Waals surface area contributed by atoms with Gasteiger partial charge in [0.1, 0.15) is 0 Å². The Bertz CT molecular complexity index is 1380. The maximum atomic E-state index is 14.4. The van der Waals surface area contributed by atoms with Gasteiger partial charge < -0.3 is 5.32 Å². The molecule has 1 fully saturated rings. The van der Waals surface area contributed by atoms with E-state index in [2.05, 4.69) is 15.3 Å². The molecular formula is C28H22ClN3O2S2. The topological polar surface area (TPSA) is 72.0 Å². The van der Waals surface area contributed by atoms with Crippen LogP contribution >= 0.6 is 35.1 Å². The van der Waals surface area contributed by atoms with Gasteiger partial charge in [0.05, 0.1) is 15.9 Å². The van der Waals surface area contributed by atoms with Crippen LogP contribution in [-0.2, 0) is 9.59 Å². The van der Waals surface area contributed by atoms with Gasteiger partial charge in [-0.3, -0.25) is 19.6 Å². The second-order valence-corrected chi connectivity index (χ2v) is 11.8. The SMILES string of the molecule is O=C1C[C@H](c2cccnc2)C2=C(C(=O)C1=C1SCCS1)[C@H](c1cccnc1)[C@@H](c1ccc(Cl)cc1)N2. The first-order chi connectivity index (χ1) is 17.6. The molecule has 1 saturated heterocycles. The van der Waals surface area contributed by atoms with Crippen LogP contribution in [0.15, 0.2) is 94.4 Å². The number of halogens is 1. The van der Waals surface area contributed by atoms with Crippen LogP contribution in [-0.4, -0.2) is 33.0 Å². The molecule has 0 unspecified atom stereocenters. The number of aromatic nitrogens is 2. The summed E-state index contributed by atoms with van der Waals surface area (Å²) in [7, 11) is 0. The van der Waals surface area contributed by atoms with Crippen molar-refractivity contribution in [2.24, 2.45) is 0 Å². The number of allylic oxidation sites excluding steroid dienone is 2. The Morgan fingerprint density at radius 2 is 1.53 bits per heavy atom. The highest BCUT2D eigenvalue weighted by Gasteiger charge is 2.47. The van der Waals surface area contributed by atoms with Gasteiger partial charge >= 0.3 is 0 Å². The largest absolute Gasteiger partial charge is 0.380 e. The third-order valence-electron chi connectivity index (χ3n) is 6.85. The van der Waals surface area contributed by atoms with Crippen LogP contribution in [0.3, 0.4) is 0 Å². The van der Waals surface area contributed by atoms with Gasteiger partial charge in [-0.25, -0.2) is 0 Å². The van der Waals surface area contributed by atoms with Gasteiger partial charge in [-0.1, -0.05) is 35.9 Å². The van der Waals surface area contributed by atoms with Gasteiger partial charge in [-0.05, 0) is 41.0 Å². The van der Waals surface area contributed by atoms with Gasteiger partial charge in [0, 0.05) is 70.8 Å². The Hall–Kier alpha value is -2.87. The minimum Gasteiger partial charge on any atom is -0.380 e. The van der Waals surface area contributed by atoms with Gasteiger partial charge in [0.2, 0.25) is 0 Å². The highest BCUT2D eigenvalue weighted by atomic mass is 35.5. The molecule has 0 amide bonds. The second kappa shape index (κ2) is 9.88. The standard InChI is InChI=1S/C28H22ClN3O2S2/c29-19-7-5-16(6-8-19)25-22(18-4-2-10-31-15-18)24-26(32-25)20(17-3-1-9-30-14-17)13-21(33)23(27(24)34)28-35-11-12-36-28/h1-10,14-15,20,22,25,32H,11-13H2/t20-,22+,25-/m1/s1. The minimum atomic E-state index is -0.306. The Labute approximate surface area is 222 Å². The normalized spacial score (nSPS) is 24.1. The monoisotopic (exact) mass is 531 g/mol. The van der Waals surface area contributed by atoms with Gasteiger partial charge in [0.25, 0.3) is 0 Å². The average Bonchev–Trinajstić information content (AvgIpc) is 3.55. The number of nitrogens with one attached hydrogen (secondary N) is 1. The van der Waals surface area contributed by atoms with E-state index in [9.17, 15) is 9.59 Å². The van der Waals surface area contributed by atoms with Crippen molar-refractivity contribution in [1.29, 1.82) is 0 Å². The fourth-order valence-electron chi connectivity index (χ4n) is 5.26. The number of hydrogen-bond acceptors (Lipinski definition) is 7. The van der Waals surface area contributed by atoms with E-state index in [0.29, 0.717) is 16.2 Å². The minimum absolute atomic E-state index is 0.102. The molecule has 1 N–H and O–H groups in total. The maximum Gasteiger partial charge on any atom is 0.196 e. The number of carbonyl (C=O) groups is 2. The van der Waals surface area contributed by atoms with Crippen molar-refractivity contribution in [3.05, 3.63) is 116 Å². The summed E-state index contributed by atoms with van der Waals surface area (Å²) < 4.78 is 0.851. The predicted molar refractivity (Wildman–Crippen MR) is 145 cm³/mol. The summed E-state index contributed by atoms with van der Waals surface area (Å²) in [5, 5.41) is 4.35. The van der Waals surface area contributed by atoms with Crippen molar-refractivity contribution in [3.8, 4) is 0 Å². The quantitative estimate of drug-likeness (QED) is 0.337. The van der Waals surface area contributed by atoms with Crippen molar-refractivity contribution in [3.63, 3.8) is 0 Å². The van der Waals surface area contributed by atoms with Crippen LogP contribution in [0.25, 0.3) is 0 Å². The zero-order valence-corrected chi connectivity index (χ0v) is 21.6. The molecule has 1 aliphatic carbocycles. The van der Waals surface area contributed by atoms with E-state index in [1.165, 1.54) is 0 Å². The number of carbonyl (C=O) groups excluding carboxylic acids is 2. The first-order valence-corrected chi connectivity index (χ1v) is 14.1. The summed E-state index contributed by atoms with van der Waals surface area (Å²) in [4.78, 5) is 36.7. The maximum absolute atomic E-state index is 14.4. The van der Waals surface area contributed by atoms with E-state index >= 15 is 0 Å². The molecule has 4 heterocycles. The highest BCUT2D eigenvalue weighted by Crippen LogP contribution is 2.52. The molecule has 0 saturated carbocycles. The zero-order valence-electron chi connectivity index (χ0n) is 19.2. The number of benzene rings is 1. The molecule has 2 aliphatic heterocycles. The van der Waals surface area contributed by atoms with Crippen LogP contribution < -0.4 is 5.32 Å². The molecule has 0 spiro atoms. The molecule has 3 aromatic rings. The summed E-state index contributed by atoms with van der Waals surface area (Å²) in [5.74, 6) is 0.931.